The van der Waals surface area contributed by atoms with Crippen LogP contribution in [0.5, 0.6) is 0 Å². The summed E-state index contributed by atoms with van der Waals surface area (Å²) in [7, 11) is -7.06. The third-order valence-corrected chi connectivity index (χ3v) is 7.90. The summed E-state index contributed by atoms with van der Waals surface area (Å²) in [6.07, 6.45) is 0. The van der Waals surface area contributed by atoms with E-state index in [0.29, 0.717) is 5.38 Å². The monoisotopic (exact) mass is 232 g/mol. The molecule has 0 radical (unpaired) electrons. The lowest BCUT2D eigenvalue weighted by Gasteiger charge is -2.20. The lowest BCUT2D eigenvalue weighted by atomic mass is 11.0. The minimum absolute atomic E-state index is 0.637. The Morgan fingerprint density at radius 2 is 2.17 bits per heavy atom. The molecule has 7 heteroatoms. The SMILES string of the molecule is CCSC[Si](C)(C)OP(=O)(O)F. The van der Waals surface area contributed by atoms with Gasteiger partial charge in [0.05, 0.1) is 0 Å². The van der Waals surface area contributed by atoms with Crippen molar-refractivity contribution >= 4 is 28.0 Å². The number of halogens is 1. The summed E-state index contributed by atoms with van der Waals surface area (Å²) in [5.74, 6) is 0.905. The van der Waals surface area contributed by atoms with Crippen molar-refractivity contribution in [2.24, 2.45) is 0 Å². The molecule has 0 aromatic heterocycles. The van der Waals surface area contributed by atoms with Gasteiger partial charge in [-0.2, -0.15) is 11.8 Å². The molecule has 0 saturated heterocycles. The summed E-state index contributed by atoms with van der Waals surface area (Å²) < 4.78 is 27.0. The summed E-state index contributed by atoms with van der Waals surface area (Å²) in [6.45, 7) is 5.42. The van der Waals surface area contributed by atoms with Crippen LogP contribution in [-0.2, 0) is 8.78 Å². The van der Waals surface area contributed by atoms with Gasteiger partial charge in [-0.3, -0.25) is 4.89 Å². The predicted molar refractivity (Wildman–Crippen MR) is 52.5 cm³/mol. The molecule has 0 spiro atoms. The number of hydrogen-bond donors (Lipinski definition) is 1. The fourth-order valence-corrected chi connectivity index (χ4v) is 6.59. The Hall–Kier alpha value is 0.647. The molecule has 0 rings (SSSR count). The van der Waals surface area contributed by atoms with Crippen LogP contribution in [0.2, 0.25) is 13.1 Å². The fourth-order valence-electron chi connectivity index (χ4n) is 0.679. The maximum absolute atomic E-state index is 12.2. The molecule has 0 amide bonds. The predicted octanol–water partition coefficient (Wildman–Crippen LogP) is 2.57. The fraction of sp³-hybridized carbons (Fsp3) is 1.00. The Morgan fingerprint density at radius 3 is 2.50 bits per heavy atom. The molecular weight excluding hydrogens is 218 g/mol. The lowest BCUT2D eigenvalue weighted by molar-refractivity contribution is 0.328. The Kier molecular flexibility index (Phi) is 5.02. The van der Waals surface area contributed by atoms with Crippen LogP contribution in [0.3, 0.4) is 0 Å². The number of thioether (sulfide) groups is 1. The van der Waals surface area contributed by atoms with Gasteiger partial charge >= 0.3 is 7.91 Å². The second-order valence-electron chi connectivity index (χ2n) is 2.94. The van der Waals surface area contributed by atoms with Crippen LogP contribution in [0.1, 0.15) is 6.92 Å². The van der Waals surface area contributed by atoms with Crippen LogP contribution in [0.25, 0.3) is 0 Å². The Bertz CT molecular complexity index is 184. The van der Waals surface area contributed by atoms with Crippen molar-refractivity contribution in [1.82, 2.24) is 0 Å². The summed E-state index contributed by atoms with van der Waals surface area (Å²) >= 11 is 1.59. The Morgan fingerprint density at radius 1 is 1.67 bits per heavy atom. The van der Waals surface area contributed by atoms with E-state index < -0.39 is 16.2 Å². The third-order valence-electron chi connectivity index (χ3n) is 1.01. The van der Waals surface area contributed by atoms with Gasteiger partial charge in [-0.25, -0.2) is 4.57 Å². The van der Waals surface area contributed by atoms with Gasteiger partial charge in [0.15, 0.2) is 0 Å². The molecule has 1 atom stereocenters. The quantitative estimate of drug-likeness (QED) is 0.584. The second-order valence-corrected chi connectivity index (χ2v) is 10.2. The molecule has 0 aliphatic heterocycles. The Labute approximate surface area is 77.5 Å². The van der Waals surface area contributed by atoms with E-state index in [-0.39, 0.29) is 0 Å². The van der Waals surface area contributed by atoms with Crippen molar-refractivity contribution in [3.8, 4) is 0 Å². The van der Waals surface area contributed by atoms with Crippen LogP contribution in [0.15, 0.2) is 0 Å². The molecule has 74 valence electrons. The van der Waals surface area contributed by atoms with Crippen molar-refractivity contribution in [2.45, 2.75) is 20.0 Å². The van der Waals surface area contributed by atoms with Gasteiger partial charge in [-0.1, -0.05) is 6.92 Å². The summed E-state index contributed by atoms with van der Waals surface area (Å²) in [5, 5.41) is 0.637. The zero-order valence-electron chi connectivity index (χ0n) is 7.41. The largest absolute Gasteiger partial charge is 0.500 e. The van der Waals surface area contributed by atoms with Gasteiger partial charge < -0.3 is 4.21 Å². The smallest absolute Gasteiger partial charge is 0.326 e. The number of rotatable bonds is 5. The first kappa shape index (κ1) is 12.6. The average molecular weight is 232 g/mol. The van der Waals surface area contributed by atoms with Gasteiger partial charge in [0.1, 0.15) is 0 Å². The van der Waals surface area contributed by atoms with E-state index in [4.69, 9.17) is 4.89 Å². The van der Waals surface area contributed by atoms with Crippen LogP contribution in [0.4, 0.5) is 4.20 Å². The summed E-state index contributed by atoms with van der Waals surface area (Å²) in [5.41, 5.74) is 0. The van der Waals surface area contributed by atoms with Gasteiger partial charge in [-0.15, -0.1) is 4.20 Å². The first-order chi connectivity index (χ1) is 5.27. The molecule has 0 aromatic rings. The highest BCUT2D eigenvalue weighted by molar-refractivity contribution is 8.00. The standard InChI is InChI=1S/C5H14FO3PSSi/c1-4-11-5-12(2,3)9-10(6,7)8/h4-5H2,1-3H3,(H,7,8). The van der Waals surface area contributed by atoms with Crippen molar-refractivity contribution < 1.29 is 17.9 Å². The molecule has 0 fully saturated rings. The van der Waals surface area contributed by atoms with E-state index in [1.54, 1.807) is 24.9 Å². The molecule has 0 aromatic carbocycles. The zero-order valence-corrected chi connectivity index (χ0v) is 10.1. The second kappa shape index (κ2) is 4.76. The molecule has 12 heavy (non-hydrogen) atoms. The Balaban J connectivity index is 3.95. The van der Waals surface area contributed by atoms with Crippen molar-refractivity contribution in [1.29, 1.82) is 0 Å². The summed E-state index contributed by atoms with van der Waals surface area (Å²) in [6, 6.07) is 0. The topological polar surface area (TPSA) is 46.5 Å². The van der Waals surface area contributed by atoms with E-state index in [2.05, 4.69) is 4.21 Å². The lowest BCUT2D eigenvalue weighted by Crippen LogP contribution is -2.32. The van der Waals surface area contributed by atoms with Crippen LogP contribution in [-0.4, -0.2) is 24.3 Å². The number of hydrogen-bond acceptors (Lipinski definition) is 3. The zero-order chi connectivity index (χ0) is 9.83. The highest BCUT2D eigenvalue weighted by Crippen LogP contribution is 2.46. The van der Waals surface area contributed by atoms with E-state index in [1.807, 2.05) is 6.92 Å². The molecule has 1 unspecified atom stereocenters. The molecule has 0 aliphatic rings. The average Bonchev–Trinajstić information content (AvgIpc) is 1.78. The van der Waals surface area contributed by atoms with Crippen LogP contribution >= 0.6 is 19.7 Å². The maximum Gasteiger partial charge on any atom is 0.500 e. The highest BCUT2D eigenvalue weighted by Gasteiger charge is 2.32. The van der Waals surface area contributed by atoms with E-state index in [1.165, 1.54) is 0 Å². The first-order valence-corrected chi connectivity index (χ1v) is 9.31. The normalized spacial score (nSPS) is 17.4. The van der Waals surface area contributed by atoms with Gasteiger partial charge in [0.2, 0.25) is 8.32 Å². The minimum Gasteiger partial charge on any atom is -0.326 e. The molecule has 3 nitrogen and oxygen atoms in total. The van der Waals surface area contributed by atoms with Crippen molar-refractivity contribution in [2.75, 3.05) is 11.1 Å². The van der Waals surface area contributed by atoms with Gasteiger partial charge in [-0.05, 0) is 18.8 Å². The maximum atomic E-state index is 12.2. The van der Waals surface area contributed by atoms with Gasteiger partial charge in [0, 0.05) is 5.38 Å². The molecule has 0 heterocycles. The van der Waals surface area contributed by atoms with Crippen LogP contribution < -0.4 is 0 Å². The summed E-state index contributed by atoms with van der Waals surface area (Å²) in [4.78, 5) is 8.34. The molecule has 0 aliphatic carbocycles. The van der Waals surface area contributed by atoms with Crippen LogP contribution in [0, 0.1) is 0 Å². The molecule has 0 bridgehead atoms. The third kappa shape index (κ3) is 7.30. The van der Waals surface area contributed by atoms with E-state index in [9.17, 15) is 8.76 Å². The molecular formula is C5H14FO3PSSi. The highest BCUT2D eigenvalue weighted by atomic mass is 32.2. The molecule has 0 saturated carbocycles. The van der Waals surface area contributed by atoms with E-state index in [0.717, 1.165) is 5.75 Å². The van der Waals surface area contributed by atoms with Crippen molar-refractivity contribution in [3.63, 3.8) is 0 Å². The minimum atomic E-state index is -4.78. The first-order valence-electron chi connectivity index (χ1n) is 3.58. The molecule has 1 N–H and O–H groups in total. The van der Waals surface area contributed by atoms with Gasteiger partial charge in [0.25, 0.3) is 0 Å². The van der Waals surface area contributed by atoms with Crippen molar-refractivity contribution in [3.05, 3.63) is 0 Å². The van der Waals surface area contributed by atoms with E-state index >= 15 is 0 Å².